The van der Waals surface area contributed by atoms with Crippen molar-refractivity contribution < 1.29 is 27.9 Å². The van der Waals surface area contributed by atoms with E-state index in [2.05, 4.69) is 10.3 Å². The third-order valence-electron chi connectivity index (χ3n) is 3.61. The third-order valence-corrected chi connectivity index (χ3v) is 4.81. The number of carboxylic acid groups (broad SMARTS) is 1. The van der Waals surface area contributed by atoms with Gasteiger partial charge in [0, 0.05) is 5.39 Å². The van der Waals surface area contributed by atoms with Crippen molar-refractivity contribution in [2.24, 2.45) is 5.92 Å². The summed E-state index contributed by atoms with van der Waals surface area (Å²) >= 11 is 0.819. The number of carbonyl (C=O) groups is 2. The number of carbonyl (C=O) groups excluding carboxylic acids is 1. The van der Waals surface area contributed by atoms with E-state index in [4.69, 9.17) is 0 Å². The van der Waals surface area contributed by atoms with Crippen LogP contribution in [0.4, 0.5) is 13.2 Å². The number of carboxylic acids is 1. The second kappa shape index (κ2) is 6.99. The Morgan fingerprint density at radius 1 is 1.32 bits per heavy atom. The number of fused-ring (bicyclic) bond motifs is 1. The Hall–Kier alpha value is -2.16. The fraction of sp³-hybridized carbons (Fsp3) is 0.438. The lowest BCUT2D eigenvalue weighted by atomic mass is 10.0. The van der Waals surface area contributed by atoms with E-state index in [1.54, 1.807) is 6.92 Å². The summed E-state index contributed by atoms with van der Waals surface area (Å²) in [5.41, 5.74) is -0.552. The number of thiophene rings is 1. The number of aryl methyl sites for hydroxylation is 1. The van der Waals surface area contributed by atoms with E-state index in [0.29, 0.717) is 10.9 Å². The maximum Gasteiger partial charge on any atom is 0.433 e. The van der Waals surface area contributed by atoms with Crippen LogP contribution in [-0.2, 0) is 11.0 Å². The molecule has 1 atom stereocenters. The Morgan fingerprint density at radius 3 is 2.48 bits per heavy atom. The fourth-order valence-corrected chi connectivity index (χ4v) is 3.47. The smallest absolute Gasteiger partial charge is 0.433 e. The van der Waals surface area contributed by atoms with Gasteiger partial charge in [0.05, 0.1) is 4.88 Å². The molecule has 0 saturated heterocycles. The number of nitrogens with zero attached hydrogens (tertiary/aromatic N) is 1. The molecule has 9 heteroatoms. The predicted octanol–water partition coefficient (Wildman–Crippen LogP) is 3.85. The summed E-state index contributed by atoms with van der Waals surface area (Å²) in [6.07, 6.45) is -4.32. The summed E-state index contributed by atoms with van der Waals surface area (Å²) in [5.74, 6) is -1.72. The molecule has 1 amide bonds. The van der Waals surface area contributed by atoms with Crippen LogP contribution in [0.5, 0.6) is 0 Å². The van der Waals surface area contributed by atoms with Gasteiger partial charge in [-0.25, -0.2) is 9.78 Å². The lowest BCUT2D eigenvalue weighted by Crippen LogP contribution is -2.41. The number of amides is 1. The van der Waals surface area contributed by atoms with Gasteiger partial charge >= 0.3 is 12.1 Å². The number of aromatic nitrogens is 1. The molecule has 0 saturated carbocycles. The Bertz CT molecular complexity index is 815. The van der Waals surface area contributed by atoms with Crippen LogP contribution < -0.4 is 5.32 Å². The van der Waals surface area contributed by atoms with E-state index in [-0.39, 0.29) is 22.0 Å². The molecule has 0 bridgehead atoms. The largest absolute Gasteiger partial charge is 0.480 e. The topological polar surface area (TPSA) is 79.3 Å². The summed E-state index contributed by atoms with van der Waals surface area (Å²) in [6.45, 7) is 5.26. The Balaban J connectivity index is 2.35. The molecule has 0 spiro atoms. The molecule has 0 aromatic carbocycles. The molecule has 2 N–H and O–H groups in total. The van der Waals surface area contributed by atoms with Gasteiger partial charge in [-0.3, -0.25) is 4.79 Å². The highest BCUT2D eigenvalue weighted by atomic mass is 32.1. The molecule has 0 fully saturated rings. The minimum Gasteiger partial charge on any atom is -0.480 e. The van der Waals surface area contributed by atoms with Crippen LogP contribution in [0.1, 0.15) is 41.2 Å². The molecule has 25 heavy (non-hydrogen) atoms. The van der Waals surface area contributed by atoms with Gasteiger partial charge in [-0.05, 0) is 37.0 Å². The molecule has 136 valence electrons. The Labute approximate surface area is 145 Å². The zero-order valence-corrected chi connectivity index (χ0v) is 14.6. The molecule has 0 aliphatic carbocycles. The molecular weight excluding hydrogens is 357 g/mol. The third kappa shape index (κ3) is 4.28. The number of pyridine rings is 1. The van der Waals surface area contributed by atoms with Crippen molar-refractivity contribution in [1.29, 1.82) is 0 Å². The van der Waals surface area contributed by atoms with Gasteiger partial charge in [-0.2, -0.15) is 13.2 Å². The van der Waals surface area contributed by atoms with E-state index >= 15 is 0 Å². The summed E-state index contributed by atoms with van der Waals surface area (Å²) in [4.78, 5) is 27.5. The average Bonchev–Trinajstić information content (AvgIpc) is 2.82. The van der Waals surface area contributed by atoms with Crippen LogP contribution in [-0.4, -0.2) is 28.0 Å². The molecule has 0 unspecified atom stereocenters. The number of hydrogen-bond acceptors (Lipinski definition) is 4. The molecular formula is C16H17F3N2O3S. The van der Waals surface area contributed by atoms with Crippen molar-refractivity contribution in [1.82, 2.24) is 10.3 Å². The van der Waals surface area contributed by atoms with Gasteiger partial charge in [-0.15, -0.1) is 11.3 Å². The monoisotopic (exact) mass is 374 g/mol. The highest BCUT2D eigenvalue weighted by Crippen LogP contribution is 2.34. The van der Waals surface area contributed by atoms with Crippen molar-refractivity contribution >= 4 is 33.4 Å². The van der Waals surface area contributed by atoms with Gasteiger partial charge in [-0.1, -0.05) is 13.8 Å². The van der Waals surface area contributed by atoms with E-state index in [1.165, 1.54) is 6.07 Å². The standard InChI is InChI=1S/C16H17F3N2O3S/c1-7(2)6-10(15(23)24)20-13(22)12-8(3)9-4-5-11(16(17,18)19)21-14(9)25-12/h4-5,7,10H,6H2,1-3H3,(H,20,22)(H,23,24)/t10-/m1/s1. The van der Waals surface area contributed by atoms with Crippen molar-refractivity contribution in [3.8, 4) is 0 Å². The van der Waals surface area contributed by atoms with Crippen molar-refractivity contribution in [2.75, 3.05) is 0 Å². The average molecular weight is 374 g/mol. The summed E-state index contributed by atoms with van der Waals surface area (Å²) < 4.78 is 38.3. The SMILES string of the molecule is Cc1c(C(=O)N[C@H](CC(C)C)C(=O)O)sc2nc(C(F)(F)F)ccc12. The number of nitrogens with one attached hydrogen (secondary N) is 1. The number of alkyl halides is 3. The summed E-state index contributed by atoms with van der Waals surface area (Å²) in [6, 6.07) is 1.08. The summed E-state index contributed by atoms with van der Waals surface area (Å²) in [7, 11) is 0. The lowest BCUT2D eigenvalue weighted by Gasteiger charge is -2.16. The van der Waals surface area contributed by atoms with E-state index < -0.39 is 29.8 Å². The second-order valence-corrected chi connectivity index (χ2v) is 7.10. The highest BCUT2D eigenvalue weighted by molar-refractivity contribution is 7.20. The maximum atomic E-state index is 12.8. The number of rotatable bonds is 5. The number of halogens is 3. The summed E-state index contributed by atoms with van der Waals surface area (Å²) in [5, 5.41) is 12.1. The minimum absolute atomic E-state index is 0.0564. The van der Waals surface area contributed by atoms with Crippen LogP contribution in [0, 0.1) is 12.8 Å². The normalized spacial score (nSPS) is 13.2. The quantitative estimate of drug-likeness (QED) is 0.833. The fourth-order valence-electron chi connectivity index (χ4n) is 2.39. The van der Waals surface area contributed by atoms with Crippen LogP contribution in [0.2, 0.25) is 0 Å². The first-order valence-electron chi connectivity index (χ1n) is 7.51. The maximum absolute atomic E-state index is 12.8. The molecule has 2 aromatic heterocycles. The second-order valence-electron chi connectivity index (χ2n) is 6.10. The van der Waals surface area contributed by atoms with Crippen LogP contribution in [0.15, 0.2) is 12.1 Å². The first-order chi connectivity index (χ1) is 11.5. The van der Waals surface area contributed by atoms with Crippen molar-refractivity contribution in [2.45, 2.75) is 39.4 Å². The van der Waals surface area contributed by atoms with Gasteiger partial charge in [0.25, 0.3) is 5.91 Å². The lowest BCUT2D eigenvalue weighted by molar-refractivity contribution is -0.141. The van der Waals surface area contributed by atoms with Crippen molar-refractivity contribution in [3.05, 3.63) is 28.3 Å². The predicted molar refractivity (Wildman–Crippen MR) is 87.7 cm³/mol. The first kappa shape index (κ1) is 19.2. The molecule has 2 aromatic rings. The number of hydrogen-bond donors (Lipinski definition) is 2. The zero-order chi connectivity index (χ0) is 18.9. The molecule has 2 rings (SSSR count). The van der Waals surface area contributed by atoms with Gasteiger partial charge < -0.3 is 10.4 Å². The molecule has 5 nitrogen and oxygen atoms in total. The van der Waals surface area contributed by atoms with Crippen LogP contribution in [0.3, 0.4) is 0 Å². The van der Waals surface area contributed by atoms with Crippen LogP contribution >= 0.6 is 11.3 Å². The van der Waals surface area contributed by atoms with Crippen LogP contribution in [0.25, 0.3) is 10.2 Å². The van der Waals surface area contributed by atoms with Crippen molar-refractivity contribution in [3.63, 3.8) is 0 Å². The van der Waals surface area contributed by atoms with E-state index in [9.17, 15) is 27.9 Å². The van der Waals surface area contributed by atoms with Gasteiger partial charge in [0.15, 0.2) is 0 Å². The Morgan fingerprint density at radius 2 is 1.96 bits per heavy atom. The first-order valence-corrected chi connectivity index (χ1v) is 8.33. The highest BCUT2D eigenvalue weighted by Gasteiger charge is 2.33. The molecule has 2 heterocycles. The molecule has 0 radical (unpaired) electrons. The van der Waals surface area contributed by atoms with Gasteiger partial charge in [0.2, 0.25) is 0 Å². The Kier molecular flexibility index (Phi) is 5.36. The minimum atomic E-state index is -4.57. The molecule has 0 aliphatic heterocycles. The zero-order valence-electron chi connectivity index (χ0n) is 13.8. The van der Waals surface area contributed by atoms with E-state index in [0.717, 1.165) is 17.4 Å². The van der Waals surface area contributed by atoms with Gasteiger partial charge in [0.1, 0.15) is 16.6 Å². The number of aliphatic carboxylic acids is 1. The van der Waals surface area contributed by atoms with E-state index in [1.807, 2.05) is 13.8 Å². The molecule has 0 aliphatic rings.